The summed E-state index contributed by atoms with van der Waals surface area (Å²) in [5.41, 5.74) is 0. The van der Waals surface area contributed by atoms with Gasteiger partial charge < -0.3 is 10.6 Å². The minimum Gasteiger partial charge on any atom is -0.381 e. The van der Waals surface area contributed by atoms with Crippen molar-refractivity contribution in [2.24, 2.45) is 0 Å². The summed E-state index contributed by atoms with van der Waals surface area (Å²) in [5, 5.41) is 5.90. The van der Waals surface area contributed by atoms with Gasteiger partial charge >= 0.3 is 0 Å². The molecule has 1 atom stereocenters. The van der Waals surface area contributed by atoms with Crippen LogP contribution in [-0.4, -0.2) is 23.1 Å². The van der Waals surface area contributed by atoms with Gasteiger partial charge in [0, 0.05) is 7.05 Å². The summed E-state index contributed by atoms with van der Waals surface area (Å²) in [6.07, 6.45) is 0. The average molecular weight is 176 g/mol. The minimum absolute atomic E-state index is 0.137. The van der Waals surface area contributed by atoms with Gasteiger partial charge in [0.1, 0.15) is 0 Å². The molecule has 4 heteroatoms. The third-order valence-electron chi connectivity index (χ3n) is 1.06. The van der Waals surface area contributed by atoms with E-state index in [1.807, 2.05) is 13.8 Å². The Bertz CT molecular complexity index is 145. The Morgan fingerprint density at radius 1 is 1.40 bits per heavy atom. The zero-order valence-electron chi connectivity index (χ0n) is 6.39. The molecule has 0 aromatic carbocycles. The molecule has 58 valence electrons. The SMILES string of the molecule is CNC(=S)C(C)NC(C)=S. The van der Waals surface area contributed by atoms with E-state index < -0.39 is 0 Å². The number of hydrogen-bond donors (Lipinski definition) is 2. The number of hydrogen-bond acceptors (Lipinski definition) is 2. The number of nitrogens with one attached hydrogen (secondary N) is 2. The quantitative estimate of drug-likeness (QED) is 0.609. The summed E-state index contributed by atoms with van der Waals surface area (Å²) in [6, 6.07) is 0.137. The highest BCUT2D eigenvalue weighted by Gasteiger charge is 2.04. The lowest BCUT2D eigenvalue weighted by Gasteiger charge is -2.14. The molecule has 2 nitrogen and oxygen atoms in total. The second kappa shape index (κ2) is 4.57. The van der Waals surface area contributed by atoms with Crippen molar-refractivity contribution in [3.8, 4) is 0 Å². The van der Waals surface area contributed by atoms with Gasteiger partial charge in [0.2, 0.25) is 0 Å². The third kappa shape index (κ3) is 3.74. The molecule has 0 aliphatic rings. The van der Waals surface area contributed by atoms with E-state index in [0.29, 0.717) is 0 Å². The number of rotatable bonds is 2. The molecule has 2 N–H and O–H groups in total. The Labute approximate surface area is 72.4 Å². The van der Waals surface area contributed by atoms with Gasteiger partial charge in [-0.2, -0.15) is 0 Å². The lowest BCUT2D eigenvalue weighted by molar-refractivity contribution is 0.835. The van der Waals surface area contributed by atoms with Crippen LogP contribution in [0, 0.1) is 0 Å². The van der Waals surface area contributed by atoms with Crippen molar-refractivity contribution >= 4 is 34.4 Å². The first-order valence-electron chi connectivity index (χ1n) is 3.06. The van der Waals surface area contributed by atoms with Crippen molar-refractivity contribution in [3.63, 3.8) is 0 Å². The maximum Gasteiger partial charge on any atom is 0.0974 e. The van der Waals surface area contributed by atoms with E-state index in [0.717, 1.165) is 9.98 Å². The smallest absolute Gasteiger partial charge is 0.0974 e. The Hall–Kier alpha value is -0.220. The topological polar surface area (TPSA) is 24.1 Å². The molecule has 0 aromatic heterocycles. The van der Waals surface area contributed by atoms with Crippen LogP contribution in [-0.2, 0) is 0 Å². The van der Waals surface area contributed by atoms with E-state index in [2.05, 4.69) is 10.6 Å². The van der Waals surface area contributed by atoms with Gasteiger partial charge in [-0.25, -0.2) is 0 Å². The molecule has 0 saturated carbocycles. The Balaban J connectivity index is 3.72. The van der Waals surface area contributed by atoms with E-state index in [-0.39, 0.29) is 6.04 Å². The second-order valence-electron chi connectivity index (χ2n) is 2.04. The number of thiocarbonyl (C=S) groups is 2. The van der Waals surface area contributed by atoms with Gasteiger partial charge in [-0.15, -0.1) is 0 Å². The predicted molar refractivity (Wildman–Crippen MR) is 52.5 cm³/mol. The highest BCUT2D eigenvalue weighted by molar-refractivity contribution is 7.80. The Morgan fingerprint density at radius 2 is 1.90 bits per heavy atom. The minimum atomic E-state index is 0.137. The molecule has 0 aliphatic carbocycles. The highest BCUT2D eigenvalue weighted by Crippen LogP contribution is 1.84. The fraction of sp³-hybridized carbons (Fsp3) is 0.667. The molecule has 0 heterocycles. The van der Waals surface area contributed by atoms with E-state index in [4.69, 9.17) is 24.4 Å². The summed E-state index contributed by atoms with van der Waals surface area (Å²) in [7, 11) is 1.80. The van der Waals surface area contributed by atoms with Gasteiger partial charge in [-0.05, 0) is 13.8 Å². The Kier molecular flexibility index (Phi) is 4.47. The van der Waals surface area contributed by atoms with E-state index in [1.165, 1.54) is 0 Å². The zero-order chi connectivity index (χ0) is 8.15. The van der Waals surface area contributed by atoms with Crippen molar-refractivity contribution in [2.45, 2.75) is 19.9 Å². The van der Waals surface area contributed by atoms with Crippen molar-refractivity contribution in [1.29, 1.82) is 0 Å². The summed E-state index contributed by atoms with van der Waals surface area (Å²) in [5.74, 6) is 0. The summed E-state index contributed by atoms with van der Waals surface area (Å²) >= 11 is 9.80. The van der Waals surface area contributed by atoms with Gasteiger partial charge in [0.15, 0.2) is 0 Å². The molecule has 0 saturated heterocycles. The van der Waals surface area contributed by atoms with Crippen LogP contribution in [0.2, 0.25) is 0 Å². The first-order chi connectivity index (χ1) is 4.57. The molecular weight excluding hydrogens is 164 g/mol. The van der Waals surface area contributed by atoms with Crippen LogP contribution < -0.4 is 10.6 Å². The molecule has 0 aromatic rings. The van der Waals surface area contributed by atoms with Crippen molar-refractivity contribution in [2.75, 3.05) is 7.05 Å². The van der Waals surface area contributed by atoms with Crippen molar-refractivity contribution in [3.05, 3.63) is 0 Å². The third-order valence-corrected chi connectivity index (χ3v) is 1.73. The molecule has 0 rings (SSSR count). The fourth-order valence-electron chi connectivity index (χ4n) is 0.587. The maximum atomic E-state index is 4.96. The van der Waals surface area contributed by atoms with E-state index in [1.54, 1.807) is 7.05 Å². The molecule has 1 unspecified atom stereocenters. The monoisotopic (exact) mass is 176 g/mol. The largest absolute Gasteiger partial charge is 0.381 e. The first kappa shape index (κ1) is 9.78. The average Bonchev–Trinajstić information content (AvgIpc) is 1.85. The second-order valence-corrected chi connectivity index (χ2v) is 3.09. The zero-order valence-corrected chi connectivity index (χ0v) is 8.03. The van der Waals surface area contributed by atoms with E-state index >= 15 is 0 Å². The molecule has 0 aliphatic heterocycles. The summed E-state index contributed by atoms with van der Waals surface area (Å²) < 4.78 is 0. The molecule has 0 bridgehead atoms. The van der Waals surface area contributed by atoms with Crippen LogP contribution in [0.4, 0.5) is 0 Å². The van der Waals surface area contributed by atoms with Crippen LogP contribution >= 0.6 is 24.4 Å². The molecule has 0 fully saturated rings. The molecule has 0 amide bonds. The predicted octanol–water partition coefficient (Wildman–Crippen LogP) is 0.859. The maximum absolute atomic E-state index is 4.96. The van der Waals surface area contributed by atoms with Crippen molar-refractivity contribution < 1.29 is 0 Å². The fourth-order valence-corrected chi connectivity index (χ4v) is 0.823. The lowest BCUT2D eigenvalue weighted by Crippen LogP contribution is -2.40. The van der Waals surface area contributed by atoms with Crippen LogP contribution in [0.5, 0.6) is 0 Å². The first-order valence-corrected chi connectivity index (χ1v) is 3.88. The van der Waals surface area contributed by atoms with Crippen LogP contribution in [0.3, 0.4) is 0 Å². The van der Waals surface area contributed by atoms with Gasteiger partial charge in [-0.1, -0.05) is 24.4 Å². The van der Waals surface area contributed by atoms with Gasteiger partial charge in [0.05, 0.1) is 16.0 Å². The highest BCUT2D eigenvalue weighted by atomic mass is 32.1. The van der Waals surface area contributed by atoms with Crippen LogP contribution in [0.25, 0.3) is 0 Å². The summed E-state index contributed by atoms with van der Waals surface area (Å²) in [6.45, 7) is 3.80. The standard InChI is InChI=1S/C6H12N2S2/c1-4(6(10)7-3)8-5(2)9/h4H,1-3H3,(H,7,10)(H,8,9). The van der Waals surface area contributed by atoms with Gasteiger partial charge in [-0.3, -0.25) is 0 Å². The van der Waals surface area contributed by atoms with Crippen molar-refractivity contribution in [1.82, 2.24) is 10.6 Å². The molecule has 0 spiro atoms. The van der Waals surface area contributed by atoms with Crippen LogP contribution in [0.15, 0.2) is 0 Å². The van der Waals surface area contributed by atoms with E-state index in [9.17, 15) is 0 Å². The molecule has 0 radical (unpaired) electrons. The normalized spacial score (nSPS) is 11.9. The molecular formula is C6H12N2S2. The number of likely N-dealkylation sites (N-methyl/N-ethyl adjacent to an activating group) is 1. The summed E-state index contributed by atoms with van der Waals surface area (Å²) in [4.78, 5) is 1.55. The lowest BCUT2D eigenvalue weighted by atomic mass is 10.3. The van der Waals surface area contributed by atoms with Crippen LogP contribution in [0.1, 0.15) is 13.8 Å². The Morgan fingerprint density at radius 3 is 2.20 bits per heavy atom. The molecule has 10 heavy (non-hydrogen) atoms. The van der Waals surface area contributed by atoms with Gasteiger partial charge in [0.25, 0.3) is 0 Å².